The molecule has 0 radical (unpaired) electrons. The fourth-order valence-electron chi connectivity index (χ4n) is 1.27. The number of hydrogen-bond donors (Lipinski definition) is 1. The summed E-state index contributed by atoms with van der Waals surface area (Å²) in [6, 6.07) is 2.34. The highest BCUT2D eigenvalue weighted by atomic mass is 28.3. The van der Waals surface area contributed by atoms with Crippen molar-refractivity contribution in [1.29, 1.82) is 0 Å². The zero-order valence-electron chi connectivity index (χ0n) is 10.8. The molecule has 0 saturated heterocycles. The minimum atomic E-state index is -1.18. The summed E-state index contributed by atoms with van der Waals surface area (Å²) in [6.07, 6.45) is 1.65. The van der Waals surface area contributed by atoms with Gasteiger partial charge in [0.2, 0.25) is 5.88 Å². The van der Waals surface area contributed by atoms with Gasteiger partial charge in [-0.25, -0.2) is 9.78 Å². The highest BCUT2D eigenvalue weighted by Crippen LogP contribution is 2.15. The van der Waals surface area contributed by atoms with Crippen LogP contribution in [0.4, 0.5) is 0 Å². The number of nitrogens with zero attached hydrogens (tertiary/aromatic N) is 1. The van der Waals surface area contributed by atoms with E-state index in [0.717, 1.165) is 12.2 Å². The molecule has 98 valence electrons. The van der Waals surface area contributed by atoms with Crippen molar-refractivity contribution in [3.8, 4) is 5.88 Å². The van der Waals surface area contributed by atoms with Gasteiger partial charge in [-0.2, -0.15) is 0 Å². The maximum atomic E-state index is 10.8. The summed E-state index contributed by atoms with van der Waals surface area (Å²) in [4.78, 5) is 25.5. The lowest BCUT2D eigenvalue weighted by atomic mass is 10.1. The van der Waals surface area contributed by atoms with Crippen molar-refractivity contribution in [3.05, 3.63) is 23.4 Å². The van der Waals surface area contributed by atoms with E-state index in [2.05, 4.69) is 24.6 Å². The van der Waals surface area contributed by atoms with E-state index in [0.29, 0.717) is 18.8 Å². The molecule has 0 fully saturated rings. The van der Waals surface area contributed by atoms with Crippen LogP contribution in [0.15, 0.2) is 12.3 Å². The molecular formula is C12H17NO4Si. The lowest BCUT2D eigenvalue weighted by Gasteiger charge is -2.15. The van der Waals surface area contributed by atoms with Crippen LogP contribution in [0.25, 0.3) is 0 Å². The molecule has 0 bridgehead atoms. The first-order valence-corrected chi connectivity index (χ1v) is 9.35. The Hall–Kier alpha value is -1.69. The molecule has 0 aliphatic heterocycles. The molecule has 0 aromatic carbocycles. The third kappa shape index (κ3) is 4.29. The van der Waals surface area contributed by atoms with Crippen molar-refractivity contribution in [3.63, 3.8) is 0 Å². The first kappa shape index (κ1) is 14.4. The monoisotopic (exact) mass is 267 g/mol. The zero-order valence-corrected chi connectivity index (χ0v) is 11.8. The number of carboxylic acid groups (broad SMARTS) is 1. The second kappa shape index (κ2) is 5.77. The van der Waals surface area contributed by atoms with Crippen LogP contribution in [-0.4, -0.2) is 37.0 Å². The topological polar surface area (TPSA) is 76.5 Å². The van der Waals surface area contributed by atoms with Crippen molar-refractivity contribution in [2.75, 3.05) is 6.61 Å². The molecule has 0 aliphatic carbocycles. The Morgan fingerprint density at radius 2 is 2.17 bits per heavy atom. The average molecular weight is 267 g/mol. The summed E-state index contributed by atoms with van der Waals surface area (Å²) in [5, 5.41) is 8.84. The molecule has 0 amide bonds. The third-order valence-corrected chi connectivity index (χ3v) is 4.07. The molecule has 6 heteroatoms. The van der Waals surface area contributed by atoms with Gasteiger partial charge in [0.05, 0.1) is 12.2 Å². The molecule has 18 heavy (non-hydrogen) atoms. The van der Waals surface area contributed by atoms with Crippen LogP contribution in [0.2, 0.25) is 25.7 Å². The van der Waals surface area contributed by atoms with Gasteiger partial charge in [-0.15, -0.1) is 0 Å². The van der Waals surface area contributed by atoms with Gasteiger partial charge < -0.3 is 9.84 Å². The number of aldehydes is 1. The Bertz CT molecular complexity index is 454. The van der Waals surface area contributed by atoms with Crippen LogP contribution in [0.3, 0.4) is 0 Å². The first-order valence-electron chi connectivity index (χ1n) is 5.65. The number of pyridine rings is 1. The van der Waals surface area contributed by atoms with Gasteiger partial charge in [-0.3, -0.25) is 4.79 Å². The summed E-state index contributed by atoms with van der Waals surface area (Å²) < 4.78 is 5.43. The minimum Gasteiger partial charge on any atom is -0.478 e. The van der Waals surface area contributed by atoms with Crippen LogP contribution in [0, 0.1) is 0 Å². The molecule has 1 heterocycles. The van der Waals surface area contributed by atoms with Gasteiger partial charge in [-0.1, -0.05) is 19.6 Å². The lowest BCUT2D eigenvalue weighted by Crippen LogP contribution is -2.22. The fraction of sp³-hybridized carbons (Fsp3) is 0.417. The first-order chi connectivity index (χ1) is 8.33. The van der Waals surface area contributed by atoms with Crippen molar-refractivity contribution in [1.82, 2.24) is 4.98 Å². The van der Waals surface area contributed by atoms with Crippen LogP contribution < -0.4 is 4.74 Å². The van der Waals surface area contributed by atoms with Gasteiger partial charge in [0.15, 0.2) is 6.29 Å². The summed E-state index contributed by atoms with van der Waals surface area (Å²) in [6.45, 7) is 7.23. The second-order valence-electron chi connectivity index (χ2n) is 5.19. The van der Waals surface area contributed by atoms with E-state index < -0.39 is 14.0 Å². The zero-order chi connectivity index (χ0) is 13.8. The van der Waals surface area contributed by atoms with E-state index in [1.807, 2.05) is 0 Å². The molecule has 0 aliphatic rings. The predicted octanol–water partition coefficient (Wildman–Crippen LogP) is 2.31. The highest BCUT2D eigenvalue weighted by molar-refractivity contribution is 6.76. The smallest absolute Gasteiger partial charge is 0.338 e. The van der Waals surface area contributed by atoms with Gasteiger partial charge in [0.25, 0.3) is 0 Å². The number of carbonyl (C=O) groups is 2. The van der Waals surface area contributed by atoms with E-state index in [1.54, 1.807) is 0 Å². The minimum absolute atomic E-state index is 0.0838. The standard InChI is InChI=1S/C12H17NO4Si/c1-18(2,3)5-4-17-11-6-9(8-14)10(7-13-11)12(15)16/h6-8H,4-5H2,1-3H3,(H,15,16). The van der Waals surface area contributed by atoms with E-state index in [-0.39, 0.29) is 11.1 Å². The van der Waals surface area contributed by atoms with Crippen LogP contribution in [0.1, 0.15) is 20.7 Å². The molecule has 5 nitrogen and oxygen atoms in total. The maximum absolute atomic E-state index is 10.8. The quantitative estimate of drug-likeness (QED) is 0.632. The Balaban J connectivity index is 2.74. The summed E-state index contributed by atoms with van der Waals surface area (Å²) in [7, 11) is -1.18. The van der Waals surface area contributed by atoms with E-state index in [1.165, 1.54) is 6.07 Å². The number of rotatable bonds is 6. The third-order valence-electron chi connectivity index (χ3n) is 2.37. The number of ether oxygens (including phenoxy) is 1. The summed E-state index contributed by atoms with van der Waals surface area (Å²) >= 11 is 0. The van der Waals surface area contributed by atoms with E-state index >= 15 is 0 Å². The van der Waals surface area contributed by atoms with Crippen molar-refractivity contribution < 1.29 is 19.4 Å². The SMILES string of the molecule is C[Si](C)(C)CCOc1cc(C=O)c(C(=O)O)cn1. The number of carbonyl (C=O) groups excluding carboxylic acids is 1. The van der Waals surface area contributed by atoms with Crippen LogP contribution in [-0.2, 0) is 0 Å². The Morgan fingerprint density at radius 3 is 2.67 bits per heavy atom. The molecule has 0 spiro atoms. The molecule has 0 saturated carbocycles. The fourth-order valence-corrected chi connectivity index (χ4v) is 1.98. The summed E-state index contributed by atoms with van der Waals surface area (Å²) in [5.41, 5.74) is -0.0250. The highest BCUT2D eigenvalue weighted by Gasteiger charge is 2.14. The van der Waals surface area contributed by atoms with Gasteiger partial charge in [0, 0.05) is 25.9 Å². The van der Waals surface area contributed by atoms with Crippen molar-refractivity contribution >= 4 is 20.3 Å². The van der Waals surface area contributed by atoms with E-state index in [9.17, 15) is 9.59 Å². The van der Waals surface area contributed by atoms with Gasteiger partial charge in [-0.05, 0) is 6.04 Å². The molecule has 0 unspecified atom stereocenters. The van der Waals surface area contributed by atoms with Crippen LogP contribution >= 0.6 is 0 Å². The molecular weight excluding hydrogens is 250 g/mol. The van der Waals surface area contributed by atoms with Crippen LogP contribution in [0.5, 0.6) is 5.88 Å². The summed E-state index contributed by atoms with van der Waals surface area (Å²) in [5.74, 6) is -0.876. The largest absolute Gasteiger partial charge is 0.478 e. The average Bonchev–Trinajstić information content (AvgIpc) is 2.26. The Morgan fingerprint density at radius 1 is 1.50 bits per heavy atom. The number of aromatic nitrogens is 1. The van der Waals surface area contributed by atoms with Gasteiger partial charge >= 0.3 is 5.97 Å². The second-order valence-corrected chi connectivity index (χ2v) is 10.8. The predicted molar refractivity (Wildman–Crippen MR) is 70.2 cm³/mol. The Kier molecular flexibility index (Phi) is 4.60. The Labute approximate surface area is 107 Å². The molecule has 1 N–H and O–H groups in total. The van der Waals surface area contributed by atoms with Crippen molar-refractivity contribution in [2.45, 2.75) is 25.7 Å². The number of hydrogen-bond acceptors (Lipinski definition) is 4. The van der Waals surface area contributed by atoms with E-state index in [4.69, 9.17) is 9.84 Å². The molecule has 0 atom stereocenters. The maximum Gasteiger partial charge on any atom is 0.338 e. The van der Waals surface area contributed by atoms with Gasteiger partial charge in [0.1, 0.15) is 0 Å². The number of aromatic carboxylic acids is 1. The molecule has 1 rings (SSSR count). The molecule has 1 aromatic rings. The molecule has 1 aromatic heterocycles. The normalized spacial score (nSPS) is 11.1. The lowest BCUT2D eigenvalue weighted by molar-refractivity contribution is 0.0693. The van der Waals surface area contributed by atoms with Crippen molar-refractivity contribution in [2.24, 2.45) is 0 Å². The number of carboxylic acids is 1.